The Morgan fingerprint density at radius 1 is 1.29 bits per heavy atom. The van der Waals surface area contributed by atoms with Crippen molar-refractivity contribution < 1.29 is 19.2 Å². The molecule has 1 aromatic carbocycles. The van der Waals surface area contributed by atoms with Crippen molar-refractivity contribution in [3.05, 3.63) is 64.0 Å². The van der Waals surface area contributed by atoms with E-state index in [1.807, 2.05) is 0 Å². The maximum absolute atomic E-state index is 11.8. The van der Waals surface area contributed by atoms with Gasteiger partial charge in [0.15, 0.2) is 12.4 Å². The molecular weight excluding hydrogens is 276 g/mol. The van der Waals surface area contributed by atoms with Crippen molar-refractivity contribution in [1.29, 1.82) is 0 Å². The third kappa shape index (κ3) is 3.33. The molecule has 0 aliphatic carbocycles. The van der Waals surface area contributed by atoms with E-state index in [1.165, 1.54) is 17.8 Å². The number of rotatable bonds is 5. The minimum absolute atomic E-state index is 0.0163. The lowest BCUT2D eigenvalue weighted by Gasteiger charge is -2.04. The molecular formula is C14H12N2O5. The van der Waals surface area contributed by atoms with E-state index in [1.54, 1.807) is 30.3 Å². The quantitative estimate of drug-likeness (QED) is 0.363. The van der Waals surface area contributed by atoms with Crippen LogP contribution in [-0.4, -0.2) is 27.8 Å². The van der Waals surface area contributed by atoms with Gasteiger partial charge in [0.05, 0.1) is 11.1 Å². The first kappa shape index (κ1) is 14.4. The smallest absolute Gasteiger partial charge is 0.355 e. The van der Waals surface area contributed by atoms with Crippen LogP contribution in [0.5, 0.6) is 0 Å². The lowest BCUT2D eigenvalue weighted by atomic mass is 10.1. The van der Waals surface area contributed by atoms with E-state index in [0.717, 1.165) is 6.07 Å². The third-order valence-corrected chi connectivity index (χ3v) is 2.84. The van der Waals surface area contributed by atoms with Gasteiger partial charge in [-0.1, -0.05) is 30.3 Å². The summed E-state index contributed by atoms with van der Waals surface area (Å²) in [5.74, 6) is -1.12. The van der Waals surface area contributed by atoms with Crippen LogP contribution in [0.2, 0.25) is 0 Å². The predicted molar refractivity (Wildman–Crippen MR) is 73.1 cm³/mol. The molecule has 1 heterocycles. The first-order valence-corrected chi connectivity index (χ1v) is 6.05. The number of hydrogen-bond donors (Lipinski definition) is 0. The highest BCUT2D eigenvalue weighted by Gasteiger charge is 2.19. The Hall–Kier alpha value is -2.96. The van der Waals surface area contributed by atoms with Gasteiger partial charge in [0, 0.05) is 18.7 Å². The number of aromatic nitrogens is 1. The summed E-state index contributed by atoms with van der Waals surface area (Å²) >= 11 is 0. The molecule has 0 atom stereocenters. The minimum Gasteiger partial charge on any atom is -0.453 e. The van der Waals surface area contributed by atoms with E-state index in [-0.39, 0.29) is 17.2 Å². The zero-order valence-electron chi connectivity index (χ0n) is 11.2. The predicted octanol–water partition coefficient (Wildman–Crippen LogP) is 1.97. The lowest BCUT2D eigenvalue weighted by Crippen LogP contribution is -2.16. The standard InChI is InChI=1S/C14H12N2O5/c1-15-8-11(16(19)20)7-12(15)14(18)21-9-13(17)10-5-3-2-4-6-10/h2-8H,9H2,1H3. The van der Waals surface area contributed by atoms with E-state index in [0.29, 0.717) is 5.56 Å². The summed E-state index contributed by atoms with van der Waals surface area (Å²) in [5.41, 5.74) is 0.240. The number of ketones is 1. The Labute approximate surface area is 119 Å². The monoisotopic (exact) mass is 288 g/mol. The molecule has 0 aliphatic rings. The fourth-order valence-corrected chi connectivity index (χ4v) is 1.76. The number of esters is 1. The summed E-state index contributed by atoms with van der Waals surface area (Å²) in [7, 11) is 1.49. The average molecular weight is 288 g/mol. The molecule has 1 aromatic heterocycles. The second kappa shape index (κ2) is 6.00. The van der Waals surface area contributed by atoms with Crippen molar-refractivity contribution >= 4 is 17.4 Å². The molecule has 2 aromatic rings. The number of aryl methyl sites for hydroxylation is 1. The van der Waals surface area contributed by atoms with Crippen LogP contribution in [0.15, 0.2) is 42.6 Å². The van der Waals surface area contributed by atoms with E-state index >= 15 is 0 Å². The first-order valence-electron chi connectivity index (χ1n) is 6.05. The summed E-state index contributed by atoms with van der Waals surface area (Å²) in [6, 6.07) is 9.51. The molecule has 0 radical (unpaired) electrons. The van der Waals surface area contributed by atoms with E-state index < -0.39 is 17.5 Å². The Morgan fingerprint density at radius 2 is 1.95 bits per heavy atom. The van der Waals surface area contributed by atoms with Crippen LogP contribution in [0.3, 0.4) is 0 Å². The number of nitro groups is 1. The SMILES string of the molecule is Cn1cc([N+](=O)[O-])cc1C(=O)OCC(=O)c1ccccc1. The van der Waals surface area contributed by atoms with Crippen LogP contribution in [-0.2, 0) is 11.8 Å². The summed E-state index contributed by atoms with van der Waals surface area (Å²) in [4.78, 5) is 33.6. The average Bonchev–Trinajstić information content (AvgIpc) is 2.87. The number of benzene rings is 1. The molecule has 7 nitrogen and oxygen atoms in total. The molecule has 108 valence electrons. The topological polar surface area (TPSA) is 91.4 Å². The fraction of sp³-hybridized carbons (Fsp3) is 0.143. The van der Waals surface area contributed by atoms with Gasteiger partial charge in [-0.05, 0) is 0 Å². The Bertz CT molecular complexity index is 691. The highest BCUT2D eigenvalue weighted by molar-refractivity contribution is 5.99. The second-order valence-corrected chi connectivity index (χ2v) is 4.32. The van der Waals surface area contributed by atoms with Gasteiger partial charge in [0.25, 0.3) is 5.69 Å². The molecule has 0 N–H and O–H groups in total. The number of hydrogen-bond acceptors (Lipinski definition) is 5. The van der Waals surface area contributed by atoms with Crippen LogP contribution in [0, 0.1) is 10.1 Å². The van der Waals surface area contributed by atoms with Gasteiger partial charge < -0.3 is 9.30 Å². The molecule has 0 saturated heterocycles. The zero-order chi connectivity index (χ0) is 15.4. The van der Waals surface area contributed by atoms with Crippen molar-refractivity contribution in [2.45, 2.75) is 0 Å². The molecule has 0 amide bonds. The largest absolute Gasteiger partial charge is 0.453 e. The van der Waals surface area contributed by atoms with Gasteiger partial charge >= 0.3 is 5.97 Å². The van der Waals surface area contributed by atoms with E-state index in [9.17, 15) is 19.7 Å². The maximum Gasteiger partial charge on any atom is 0.355 e. The van der Waals surface area contributed by atoms with Crippen LogP contribution < -0.4 is 0 Å². The second-order valence-electron chi connectivity index (χ2n) is 4.32. The van der Waals surface area contributed by atoms with Crippen molar-refractivity contribution in [3.63, 3.8) is 0 Å². The fourth-order valence-electron chi connectivity index (χ4n) is 1.76. The number of carbonyl (C=O) groups is 2. The molecule has 7 heteroatoms. The molecule has 0 spiro atoms. The highest BCUT2D eigenvalue weighted by Crippen LogP contribution is 2.16. The number of carbonyl (C=O) groups excluding carboxylic acids is 2. The highest BCUT2D eigenvalue weighted by atomic mass is 16.6. The molecule has 0 fully saturated rings. The molecule has 0 aliphatic heterocycles. The van der Waals surface area contributed by atoms with Gasteiger partial charge in [0.1, 0.15) is 5.69 Å². The summed E-state index contributed by atoms with van der Waals surface area (Å²) < 4.78 is 6.17. The summed E-state index contributed by atoms with van der Waals surface area (Å²) in [6.07, 6.45) is 1.20. The van der Waals surface area contributed by atoms with Crippen molar-refractivity contribution in [2.24, 2.45) is 7.05 Å². The van der Waals surface area contributed by atoms with Crippen molar-refractivity contribution in [2.75, 3.05) is 6.61 Å². The summed E-state index contributed by atoms with van der Waals surface area (Å²) in [6.45, 7) is -0.415. The number of Topliss-reactive ketones (excluding diaryl/α,β-unsaturated/α-hetero) is 1. The molecule has 0 saturated carbocycles. The Balaban J connectivity index is 2.02. The van der Waals surface area contributed by atoms with Crippen LogP contribution in [0.4, 0.5) is 5.69 Å². The van der Waals surface area contributed by atoms with Gasteiger partial charge in [-0.3, -0.25) is 14.9 Å². The first-order chi connectivity index (χ1) is 9.99. The van der Waals surface area contributed by atoms with Gasteiger partial charge in [-0.2, -0.15) is 0 Å². The van der Waals surface area contributed by atoms with Crippen molar-refractivity contribution in [1.82, 2.24) is 4.57 Å². The zero-order valence-corrected chi connectivity index (χ0v) is 11.2. The lowest BCUT2D eigenvalue weighted by molar-refractivity contribution is -0.384. The molecule has 2 rings (SSSR count). The van der Waals surface area contributed by atoms with Gasteiger partial charge in [-0.15, -0.1) is 0 Å². The maximum atomic E-state index is 11.8. The van der Waals surface area contributed by atoms with Crippen LogP contribution >= 0.6 is 0 Å². The van der Waals surface area contributed by atoms with Gasteiger partial charge in [0.2, 0.25) is 0 Å². The van der Waals surface area contributed by atoms with E-state index in [4.69, 9.17) is 4.74 Å². The Morgan fingerprint density at radius 3 is 2.52 bits per heavy atom. The summed E-state index contributed by atoms with van der Waals surface area (Å²) in [5, 5.41) is 10.6. The third-order valence-electron chi connectivity index (χ3n) is 2.84. The van der Waals surface area contributed by atoms with Crippen LogP contribution in [0.25, 0.3) is 0 Å². The van der Waals surface area contributed by atoms with E-state index in [2.05, 4.69) is 0 Å². The van der Waals surface area contributed by atoms with Gasteiger partial charge in [-0.25, -0.2) is 4.79 Å². The molecule has 0 bridgehead atoms. The molecule has 21 heavy (non-hydrogen) atoms. The molecule has 0 unspecified atom stereocenters. The van der Waals surface area contributed by atoms with Crippen LogP contribution in [0.1, 0.15) is 20.8 Å². The minimum atomic E-state index is -0.783. The number of ether oxygens (including phenoxy) is 1. The number of nitrogens with zero attached hydrogens (tertiary/aromatic N) is 2. The van der Waals surface area contributed by atoms with Crippen molar-refractivity contribution in [3.8, 4) is 0 Å². The normalized spacial score (nSPS) is 10.1. The Kier molecular flexibility index (Phi) is 4.13.